The van der Waals surface area contributed by atoms with Crippen LogP contribution < -0.4 is 10.1 Å². The third-order valence-electron chi connectivity index (χ3n) is 5.90. The Morgan fingerprint density at radius 2 is 1.77 bits per heavy atom. The topological polar surface area (TPSA) is 43.3 Å². The minimum Gasteiger partial charge on any atom is -0.495 e. The number of nitrogens with zero attached hydrogens (tertiary/aromatic N) is 1. The lowest BCUT2D eigenvalue weighted by Crippen LogP contribution is -2.36. The maximum atomic E-state index is 13.2. The molecule has 5 heteroatoms. The molecule has 0 unspecified atom stereocenters. The Morgan fingerprint density at radius 1 is 1.07 bits per heavy atom. The molecule has 1 aromatic heterocycles. The first-order chi connectivity index (χ1) is 14.6. The highest BCUT2D eigenvalue weighted by atomic mass is 35.5. The summed E-state index contributed by atoms with van der Waals surface area (Å²) in [5.74, 6) is 0.744. The Labute approximate surface area is 182 Å². The third-order valence-corrected chi connectivity index (χ3v) is 6.15. The van der Waals surface area contributed by atoms with Crippen molar-refractivity contribution in [3.05, 3.63) is 70.9 Å². The molecular weight excluding hydrogens is 396 g/mol. The molecule has 1 aliphatic rings. The summed E-state index contributed by atoms with van der Waals surface area (Å²) >= 11 is 6.11. The standard InChI is InChI=1S/C25H27ClN2O2/c1-17-21(25(29)27-20-8-4-3-5-9-20)16-23(18-12-14-19(26)15-13-18)28(17)22-10-6-7-11-24(22)30-2/h6-7,10-16,20H,3-5,8-9H2,1-2H3,(H,27,29). The molecule has 0 saturated heterocycles. The van der Waals surface area contributed by atoms with Crippen molar-refractivity contribution in [1.29, 1.82) is 0 Å². The van der Waals surface area contributed by atoms with Crippen LogP contribution in [-0.2, 0) is 0 Å². The number of hydrogen-bond acceptors (Lipinski definition) is 2. The summed E-state index contributed by atoms with van der Waals surface area (Å²) in [4.78, 5) is 13.2. The zero-order chi connectivity index (χ0) is 21.1. The van der Waals surface area contributed by atoms with Crippen LogP contribution in [0.3, 0.4) is 0 Å². The zero-order valence-corrected chi connectivity index (χ0v) is 18.2. The fraction of sp³-hybridized carbons (Fsp3) is 0.320. The average molecular weight is 423 g/mol. The number of benzene rings is 2. The number of hydrogen-bond donors (Lipinski definition) is 1. The molecule has 1 saturated carbocycles. The number of amides is 1. The van der Waals surface area contributed by atoms with Crippen molar-refractivity contribution in [2.24, 2.45) is 0 Å². The minimum absolute atomic E-state index is 0.0109. The van der Waals surface area contributed by atoms with Crippen LogP contribution in [0.25, 0.3) is 16.9 Å². The van der Waals surface area contributed by atoms with Crippen molar-refractivity contribution in [1.82, 2.24) is 9.88 Å². The molecule has 1 aliphatic carbocycles. The molecule has 0 spiro atoms. The summed E-state index contributed by atoms with van der Waals surface area (Å²) in [6, 6.07) is 17.8. The fourth-order valence-corrected chi connectivity index (χ4v) is 4.43. The van der Waals surface area contributed by atoms with E-state index in [4.69, 9.17) is 16.3 Å². The van der Waals surface area contributed by atoms with E-state index in [1.54, 1.807) is 7.11 Å². The van der Waals surface area contributed by atoms with Gasteiger partial charge < -0.3 is 14.6 Å². The van der Waals surface area contributed by atoms with Gasteiger partial charge in [-0.25, -0.2) is 0 Å². The zero-order valence-electron chi connectivity index (χ0n) is 17.5. The summed E-state index contributed by atoms with van der Waals surface area (Å²) in [7, 11) is 1.66. The van der Waals surface area contributed by atoms with Crippen LogP contribution in [0, 0.1) is 6.92 Å². The van der Waals surface area contributed by atoms with Crippen molar-refractivity contribution >= 4 is 17.5 Å². The molecule has 0 radical (unpaired) electrons. The highest BCUT2D eigenvalue weighted by Crippen LogP contribution is 2.34. The van der Waals surface area contributed by atoms with Gasteiger partial charge in [0.25, 0.3) is 5.91 Å². The Balaban J connectivity index is 1.80. The predicted molar refractivity (Wildman–Crippen MR) is 122 cm³/mol. The second-order valence-electron chi connectivity index (χ2n) is 7.85. The number of rotatable bonds is 5. The number of halogens is 1. The highest BCUT2D eigenvalue weighted by Gasteiger charge is 2.23. The van der Waals surface area contributed by atoms with E-state index in [1.165, 1.54) is 19.3 Å². The SMILES string of the molecule is COc1ccccc1-n1c(-c2ccc(Cl)cc2)cc(C(=O)NC2CCCCC2)c1C. The highest BCUT2D eigenvalue weighted by molar-refractivity contribution is 6.30. The van der Waals surface area contributed by atoms with E-state index in [9.17, 15) is 4.79 Å². The van der Waals surface area contributed by atoms with Crippen molar-refractivity contribution in [3.63, 3.8) is 0 Å². The fourth-order valence-electron chi connectivity index (χ4n) is 4.30. The Bertz CT molecular complexity index is 1030. The van der Waals surface area contributed by atoms with Gasteiger partial charge in [0.1, 0.15) is 5.75 Å². The van der Waals surface area contributed by atoms with Crippen LogP contribution in [0.1, 0.15) is 48.2 Å². The first-order valence-corrected chi connectivity index (χ1v) is 10.9. The summed E-state index contributed by atoms with van der Waals surface area (Å²) in [5, 5.41) is 3.93. The molecule has 0 bridgehead atoms. The average Bonchev–Trinajstić information content (AvgIpc) is 3.12. The monoisotopic (exact) mass is 422 g/mol. The summed E-state index contributed by atoms with van der Waals surface area (Å²) < 4.78 is 7.71. The molecule has 2 aromatic carbocycles. The summed E-state index contributed by atoms with van der Waals surface area (Å²) in [6.07, 6.45) is 5.74. The van der Waals surface area contributed by atoms with Gasteiger partial charge in [0.05, 0.1) is 24.1 Å². The summed E-state index contributed by atoms with van der Waals surface area (Å²) in [6.45, 7) is 1.99. The first-order valence-electron chi connectivity index (χ1n) is 10.5. The molecule has 0 atom stereocenters. The molecule has 1 N–H and O–H groups in total. The molecule has 30 heavy (non-hydrogen) atoms. The lowest BCUT2D eigenvalue weighted by molar-refractivity contribution is 0.0927. The van der Waals surface area contributed by atoms with E-state index in [1.807, 2.05) is 61.5 Å². The number of carbonyl (C=O) groups is 1. The van der Waals surface area contributed by atoms with Gasteiger partial charge in [-0.05, 0) is 55.7 Å². The number of ether oxygens (including phenoxy) is 1. The van der Waals surface area contributed by atoms with Gasteiger partial charge in [0.2, 0.25) is 0 Å². The predicted octanol–water partition coefficient (Wildman–Crippen LogP) is 6.18. The van der Waals surface area contributed by atoms with E-state index in [-0.39, 0.29) is 11.9 Å². The maximum Gasteiger partial charge on any atom is 0.253 e. The van der Waals surface area contributed by atoms with Crippen LogP contribution in [0.15, 0.2) is 54.6 Å². The van der Waals surface area contributed by atoms with Gasteiger partial charge in [-0.3, -0.25) is 4.79 Å². The quantitative estimate of drug-likeness (QED) is 0.533. The van der Waals surface area contributed by atoms with Crippen molar-refractivity contribution in [2.45, 2.75) is 45.1 Å². The van der Waals surface area contributed by atoms with E-state index < -0.39 is 0 Å². The second-order valence-corrected chi connectivity index (χ2v) is 8.29. The van der Waals surface area contributed by atoms with Crippen LogP contribution in [0.5, 0.6) is 5.75 Å². The van der Waals surface area contributed by atoms with Gasteiger partial charge in [0, 0.05) is 16.8 Å². The van der Waals surface area contributed by atoms with Gasteiger partial charge in [-0.1, -0.05) is 55.1 Å². The van der Waals surface area contributed by atoms with E-state index >= 15 is 0 Å². The largest absolute Gasteiger partial charge is 0.495 e. The third kappa shape index (κ3) is 4.10. The second kappa shape index (κ2) is 8.97. The van der Waals surface area contributed by atoms with Crippen LogP contribution in [0.2, 0.25) is 5.02 Å². The number of para-hydroxylation sites is 2. The Kier molecular flexibility index (Phi) is 6.14. The molecule has 1 amide bonds. The number of methoxy groups -OCH3 is 1. The van der Waals surface area contributed by atoms with E-state index in [0.717, 1.165) is 41.2 Å². The van der Waals surface area contributed by atoms with E-state index in [2.05, 4.69) is 9.88 Å². The number of nitrogens with one attached hydrogen (secondary N) is 1. The first kappa shape index (κ1) is 20.5. The van der Waals surface area contributed by atoms with Crippen LogP contribution >= 0.6 is 11.6 Å². The molecule has 156 valence electrons. The van der Waals surface area contributed by atoms with Crippen molar-refractivity contribution in [3.8, 4) is 22.7 Å². The lowest BCUT2D eigenvalue weighted by atomic mass is 9.95. The van der Waals surface area contributed by atoms with E-state index in [0.29, 0.717) is 10.6 Å². The van der Waals surface area contributed by atoms with Gasteiger partial charge >= 0.3 is 0 Å². The Morgan fingerprint density at radius 3 is 2.47 bits per heavy atom. The lowest BCUT2D eigenvalue weighted by Gasteiger charge is -2.22. The summed E-state index contributed by atoms with van der Waals surface area (Å²) in [5.41, 5.74) is 4.40. The number of aromatic nitrogens is 1. The normalized spacial score (nSPS) is 14.5. The minimum atomic E-state index is -0.0109. The molecule has 4 nitrogen and oxygen atoms in total. The van der Waals surface area contributed by atoms with Crippen LogP contribution in [-0.4, -0.2) is 23.6 Å². The Hall–Kier alpha value is -2.72. The smallest absolute Gasteiger partial charge is 0.253 e. The van der Waals surface area contributed by atoms with Gasteiger partial charge in [-0.2, -0.15) is 0 Å². The maximum absolute atomic E-state index is 13.2. The molecule has 0 aliphatic heterocycles. The van der Waals surface area contributed by atoms with Gasteiger partial charge in [-0.15, -0.1) is 0 Å². The molecule has 3 aromatic rings. The van der Waals surface area contributed by atoms with Crippen LogP contribution in [0.4, 0.5) is 0 Å². The van der Waals surface area contributed by atoms with Crippen molar-refractivity contribution in [2.75, 3.05) is 7.11 Å². The molecule has 1 heterocycles. The molecule has 1 fully saturated rings. The van der Waals surface area contributed by atoms with Gasteiger partial charge in [0.15, 0.2) is 0 Å². The molecule has 4 rings (SSSR count). The van der Waals surface area contributed by atoms with Crippen molar-refractivity contribution < 1.29 is 9.53 Å². The molecular formula is C25H27ClN2O2. The number of carbonyl (C=O) groups excluding carboxylic acids is 1.